The van der Waals surface area contributed by atoms with Gasteiger partial charge in [-0.25, -0.2) is 0 Å². The number of hydrogen-bond acceptors (Lipinski definition) is 3. The Bertz CT molecular complexity index is 668. The summed E-state index contributed by atoms with van der Waals surface area (Å²) in [5.74, 6) is 0.735. The monoisotopic (exact) mass is 289 g/mol. The minimum atomic E-state index is -0.242. The van der Waals surface area contributed by atoms with Crippen LogP contribution in [0.3, 0.4) is 0 Å². The molecule has 0 unspecified atom stereocenters. The van der Waals surface area contributed by atoms with E-state index in [1.807, 2.05) is 31.2 Å². The molecule has 0 radical (unpaired) electrons. The molecule has 1 amide bonds. The largest absolute Gasteiger partial charge is 0.454 e. The van der Waals surface area contributed by atoms with Crippen LogP contribution in [0.1, 0.15) is 15.9 Å². The Hall–Kier alpha value is -2.20. The number of benzene rings is 2. The molecule has 102 valence electrons. The number of amides is 1. The van der Waals surface area contributed by atoms with Crippen molar-refractivity contribution in [3.05, 3.63) is 52.5 Å². The molecule has 0 aliphatic carbocycles. The molecular weight excluding hydrogens is 278 g/mol. The van der Waals surface area contributed by atoms with Gasteiger partial charge in [0, 0.05) is 11.3 Å². The van der Waals surface area contributed by atoms with Crippen molar-refractivity contribution in [2.45, 2.75) is 6.92 Å². The van der Waals surface area contributed by atoms with Crippen molar-refractivity contribution in [2.24, 2.45) is 0 Å². The fourth-order valence-corrected chi connectivity index (χ4v) is 2.20. The molecule has 0 saturated heterocycles. The zero-order valence-electron chi connectivity index (χ0n) is 10.8. The summed E-state index contributed by atoms with van der Waals surface area (Å²) in [5, 5.41) is 3.18. The minimum absolute atomic E-state index is 0.123. The predicted octanol–water partition coefficient (Wildman–Crippen LogP) is 3.63. The number of carbonyl (C=O) groups excluding carboxylic acids is 1. The van der Waals surface area contributed by atoms with Crippen LogP contribution < -0.4 is 14.8 Å². The standard InChI is InChI=1S/C15H12ClNO3/c1-9-2-4-11(5-3-9)17-15(18)10-6-12(16)14-13(7-10)19-8-20-14/h2-7H,8H2,1H3,(H,17,18). The fourth-order valence-electron chi connectivity index (χ4n) is 1.94. The Morgan fingerprint density at radius 2 is 1.95 bits per heavy atom. The van der Waals surface area contributed by atoms with Crippen molar-refractivity contribution in [3.63, 3.8) is 0 Å². The first-order valence-corrected chi connectivity index (χ1v) is 6.48. The van der Waals surface area contributed by atoms with E-state index in [-0.39, 0.29) is 12.7 Å². The van der Waals surface area contributed by atoms with E-state index in [9.17, 15) is 4.79 Å². The number of ether oxygens (including phenoxy) is 2. The first-order chi connectivity index (χ1) is 9.63. The minimum Gasteiger partial charge on any atom is -0.454 e. The number of nitrogens with one attached hydrogen (secondary N) is 1. The number of halogens is 1. The number of carbonyl (C=O) groups is 1. The Balaban J connectivity index is 1.84. The highest BCUT2D eigenvalue weighted by Gasteiger charge is 2.20. The van der Waals surface area contributed by atoms with Crippen molar-refractivity contribution >= 4 is 23.2 Å². The van der Waals surface area contributed by atoms with Crippen LogP contribution in [0.15, 0.2) is 36.4 Å². The second-order valence-corrected chi connectivity index (χ2v) is 4.92. The first kappa shape index (κ1) is 12.8. The molecule has 1 N–H and O–H groups in total. The first-order valence-electron chi connectivity index (χ1n) is 6.10. The van der Waals surface area contributed by atoms with Crippen LogP contribution in [0.25, 0.3) is 0 Å². The lowest BCUT2D eigenvalue weighted by Gasteiger charge is -2.07. The molecule has 0 saturated carbocycles. The fraction of sp³-hybridized carbons (Fsp3) is 0.133. The Morgan fingerprint density at radius 3 is 2.70 bits per heavy atom. The molecule has 0 fully saturated rings. The van der Waals surface area contributed by atoms with E-state index in [1.54, 1.807) is 12.1 Å². The Labute approximate surface area is 121 Å². The molecule has 5 heteroatoms. The Kier molecular flexibility index (Phi) is 3.24. The highest BCUT2D eigenvalue weighted by molar-refractivity contribution is 6.32. The topological polar surface area (TPSA) is 47.6 Å². The van der Waals surface area contributed by atoms with Gasteiger partial charge in [0.1, 0.15) is 0 Å². The van der Waals surface area contributed by atoms with Crippen molar-refractivity contribution in [1.82, 2.24) is 0 Å². The molecule has 2 aromatic carbocycles. The van der Waals surface area contributed by atoms with Gasteiger partial charge in [-0.15, -0.1) is 0 Å². The molecule has 20 heavy (non-hydrogen) atoms. The van der Waals surface area contributed by atoms with Crippen molar-refractivity contribution in [3.8, 4) is 11.5 Å². The average molecular weight is 290 g/mol. The van der Waals surface area contributed by atoms with Crippen molar-refractivity contribution < 1.29 is 14.3 Å². The highest BCUT2D eigenvalue weighted by Crippen LogP contribution is 2.39. The van der Waals surface area contributed by atoms with Gasteiger partial charge in [-0.2, -0.15) is 0 Å². The summed E-state index contributed by atoms with van der Waals surface area (Å²) >= 11 is 6.06. The normalized spacial score (nSPS) is 12.3. The smallest absolute Gasteiger partial charge is 0.255 e. The van der Waals surface area contributed by atoms with Gasteiger partial charge >= 0.3 is 0 Å². The summed E-state index contributed by atoms with van der Waals surface area (Å²) in [4.78, 5) is 12.2. The second kappa shape index (κ2) is 5.06. The maximum atomic E-state index is 12.2. The van der Waals surface area contributed by atoms with Crippen LogP contribution in [0, 0.1) is 6.92 Å². The lowest BCUT2D eigenvalue weighted by Crippen LogP contribution is -2.11. The number of rotatable bonds is 2. The van der Waals surface area contributed by atoms with E-state index in [0.29, 0.717) is 22.1 Å². The van der Waals surface area contributed by atoms with E-state index in [0.717, 1.165) is 11.3 Å². The molecule has 0 bridgehead atoms. The summed E-state index contributed by atoms with van der Waals surface area (Å²) in [6.45, 7) is 2.11. The molecule has 0 atom stereocenters. The maximum absolute atomic E-state index is 12.2. The zero-order chi connectivity index (χ0) is 14.1. The van der Waals surface area contributed by atoms with E-state index < -0.39 is 0 Å². The summed E-state index contributed by atoms with van der Waals surface area (Å²) in [6, 6.07) is 10.8. The summed E-state index contributed by atoms with van der Waals surface area (Å²) in [5.41, 5.74) is 2.29. The summed E-state index contributed by atoms with van der Waals surface area (Å²) in [7, 11) is 0. The van der Waals surface area contributed by atoms with Gasteiger partial charge in [0.2, 0.25) is 6.79 Å². The van der Waals surface area contributed by atoms with Gasteiger partial charge in [0.25, 0.3) is 5.91 Å². The number of aryl methyl sites for hydroxylation is 1. The van der Waals surface area contributed by atoms with E-state index in [4.69, 9.17) is 21.1 Å². The lowest BCUT2D eigenvalue weighted by molar-refractivity contribution is 0.102. The predicted molar refractivity (Wildman–Crippen MR) is 76.7 cm³/mol. The second-order valence-electron chi connectivity index (χ2n) is 4.51. The molecule has 0 spiro atoms. The third kappa shape index (κ3) is 2.42. The van der Waals surface area contributed by atoms with Gasteiger partial charge < -0.3 is 14.8 Å². The van der Waals surface area contributed by atoms with Gasteiger partial charge in [-0.05, 0) is 31.2 Å². The molecule has 0 aromatic heterocycles. The van der Waals surface area contributed by atoms with E-state index in [1.165, 1.54) is 0 Å². The SMILES string of the molecule is Cc1ccc(NC(=O)c2cc(Cl)c3c(c2)OCO3)cc1. The van der Waals surface area contributed by atoms with Gasteiger partial charge in [-0.1, -0.05) is 29.3 Å². The zero-order valence-corrected chi connectivity index (χ0v) is 11.5. The van der Waals surface area contributed by atoms with Crippen LogP contribution in [-0.4, -0.2) is 12.7 Å². The van der Waals surface area contributed by atoms with Gasteiger partial charge in [0.15, 0.2) is 11.5 Å². The van der Waals surface area contributed by atoms with Crippen molar-refractivity contribution in [2.75, 3.05) is 12.1 Å². The molecule has 1 aliphatic rings. The highest BCUT2D eigenvalue weighted by atomic mass is 35.5. The van der Waals surface area contributed by atoms with E-state index in [2.05, 4.69) is 5.32 Å². The molecule has 2 aromatic rings. The molecular formula is C15H12ClNO3. The summed E-state index contributed by atoms with van der Waals surface area (Å²) in [6.07, 6.45) is 0. The third-order valence-electron chi connectivity index (χ3n) is 3.00. The molecule has 4 nitrogen and oxygen atoms in total. The summed E-state index contributed by atoms with van der Waals surface area (Å²) < 4.78 is 10.5. The van der Waals surface area contributed by atoms with Crippen LogP contribution in [0.2, 0.25) is 5.02 Å². The average Bonchev–Trinajstić information content (AvgIpc) is 2.90. The maximum Gasteiger partial charge on any atom is 0.255 e. The van der Waals surface area contributed by atoms with Crippen LogP contribution in [-0.2, 0) is 0 Å². The lowest BCUT2D eigenvalue weighted by atomic mass is 10.1. The van der Waals surface area contributed by atoms with Crippen LogP contribution in [0.4, 0.5) is 5.69 Å². The van der Waals surface area contributed by atoms with Crippen LogP contribution >= 0.6 is 11.6 Å². The molecule has 1 heterocycles. The molecule has 1 aliphatic heterocycles. The Morgan fingerprint density at radius 1 is 1.20 bits per heavy atom. The number of fused-ring (bicyclic) bond motifs is 1. The van der Waals surface area contributed by atoms with Crippen molar-refractivity contribution in [1.29, 1.82) is 0 Å². The quantitative estimate of drug-likeness (QED) is 0.918. The van der Waals surface area contributed by atoms with Gasteiger partial charge in [0.05, 0.1) is 5.02 Å². The third-order valence-corrected chi connectivity index (χ3v) is 3.28. The van der Waals surface area contributed by atoms with Gasteiger partial charge in [-0.3, -0.25) is 4.79 Å². The number of hydrogen-bond donors (Lipinski definition) is 1. The molecule has 3 rings (SSSR count). The van der Waals surface area contributed by atoms with Crippen LogP contribution in [0.5, 0.6) is 11.5 Å². The number of anilines is 1. The van der Waals surface area contributed by atoms with E-state index >= 15 is 0 Å².